The van der Waals surface area contributed by atoms with E-state index in [1.165, 1.54) is 32.1 Å². The average molecular weight is 228 g/mol. The minimum Gasteiger partial charge on any atom is -0.383 e. The Morgan fingerprint density at radius 3 is 2.69 bits per heavy atom. The maximum Gasteiger partial charge on any atom is 0.220 e. The fraction of sp³-hybridized carbons (Fsp3) is 0.917. The van der Waals surface area contributed by atoms with Crippen LogP contribution in [0.25, 0.3) is 0 Å². The van der Waals surface area contributed by atoms with E-state index in [1.54, 1.807) is 7.11 Å². The second kappa shape index (κ2) is 7.63. The Bertz CT molecular complexity index is 194. The first kappa shape index (κ1) is 13.5. The summed E-state index contributed by atoms with van der Waals surface area (Å²) < 4.78 is 4.99. The molecule has 16 heavy (non-hydrogen) atoms. The number of carbonyl (C=O) groups is 1. The zero-order chi connectivity index (χ0) is 11.8. The largest absolute Gasteiger partial charge is 0.383 e. The second-order valence-electron chi connectivity index (χ2n) is 4.66. The van der Waals surface area contributed by atoms with Gasteiger partial charge in [-0.15, -0.1) is 0 Å². The smallest absolute Gasteiger partial charge is 0.220 e. The lowest BCUT2D eigenvalue weighted by Crippen LogP contribution is -2.43. The van der Waals surface area contributed by atoms with Crippen LogP contribution in [0.2, 0.25) is 0 Å². The van der Waals surface area contributed by atoms with Gasteiger partial charge in [-0.2, -0.15) is 0 Å². The van der Waals surface area contributed by atoms with E-state index in [4.69, 9.17) is 10.5 Å². The molecule has 1 fully saturated rings. The van der Waals surface area contributed by atoms with Crippen molar-refractivity contribution < 1.29 is 9.53 Å². The van der Waals surface area contributed by atoms with Crippen LogP contribution < -0.4 is 11.1 Å². The summed E-state index contributed by atoms with van der Waals surface area (Å²) in [6.07, 6.45) is 6.93. The molecule has 4 heteroatoms. The Morgan fingerprint density at radius 2 is 2.12 bits per heavy atom. The first-order valence-electron chi connectivity index (χ1n) is 6.24. The molecule has 0 radical (unpaired) electrons. The van der Waals surface area contributed by atoms with Crippen molar-refractivity contribution in [3.8, 4) is 0 Å². The van der Waals surface area contributed by atoms with E-state index >= 15 is 0 Å². The van der Waals surface area contributed by atoms with E-state index in [9.17, 15) is 4.79 Å². The standard InChI is InChI=1S/C12H24N2O2/c1-16-9-11(8-13)14-12(15)7-10-5-3-2-4-6-10/h10-11H,2-9,13H2,1H3,(H,14,15). The van der Waals surface area contributed by atoms with Gasteiger partial charge in [0.2, 0.25) is 5.91 Å². The van der Waals surface area contributed by atoms with Crippen molar-refractivity contribution >= 4 is 5.91 Å². The third kappa shape index (κ3) is 4.94. The Morgan fingerprint density at radius 1 is 1.44 bits per heavy atom. The first-order chi connectivity index (χ1) is 7.76. The van der Waals surface area contributed by atoms with E-state index < -0.39 is 0 Å². The SMILES string of the molecule is COCC(CN)NC(=O)CC1CCCCC1. The van der Waals surface area contributed by atoms with Crippen LogP contribution in [0.3, 0.4) is 0 Å². The number of ether oxygens (including phenoxy) is 1. The van der Waals surface area contributed by atoms with Gasteiger partial charge in [-0.25, -0.2) is 0 Å². The number of rotatable bonds is 6. The summed E-state index contributed by atoms with van der Waals surface area (Å²) in [4.78, 5) is 11.7. The highest BCUT2D eigenvalue weighted by Gasteiger charge is 2.18. The summed E-state index contributed by atoms with van der Waals surface area (Å²) in [5.74, 6) is 0.703. The summed E-state index contributed by atoms with van der Waals surface area (Å²) in [7, 11) is 1.62. The lowest BCUT2D eigenvalue weighted by Gasteiger charge is -2.22. The van der Waals surface area contributed by atoms with Gasteiger partial charge in [-0.3, -0.25) is 4.79 Å². The summed E-state index contributed by atoms with van der Waals surface area (Å²) in [6.45, 7) is 0.928. The molecule has 0 saturated heterocycles. The first-order valence-corrected chi connectivity index (χ1v) is 6.24. The molecule has 1 atom stereocenters. The van der Waals surface area contributed by atoms with Crippen molar-refractivity contribution in [2.24, 2.45) is 11.7 Å². The number of methoxy groups -OCH3 is 1. The molecule has 1 unspecified atom stereocenters. The van der Waals surface area contributed by atoms with E-state index in [1.807, 2.05) is 0 Å². The number of nitrogens with one attached hydrogen (secondary N) is 1. The Balaban J connectivity index is 2.22. The molecule has 0 bridgehead atoms. The maximum atomic E-state index is 11.7. The van der Waals surface area contributed by atoms with Crippen molar-refractivity contribution in [1.29, 1.82) is 0 Å². The molecule has 94 valence electrons. The number of nitrogens with two attached hydrogens (primary N) is 1. The van der Waals surface area contributed by atoms with Crippen LogP contribution >= 0.6 is 0 Å². The molecule has 0 heterocycles. The Hall–Kier alpha value is -0.610. The van der Waals surface area contributed by atoms with Crippen molar-refractivity contribution in [2.45, 2.75) is 44.6 Å². The van der Waals surface area contributed by atoms with Gasteiger partial charge < -0.3 is 15.8 Å². The van der Waals surface area contributed by atoms with Gasteiger partial charge in [0.1, 0.15) is 0 Å². The maximum absolute atomic E-state index is 11.7. The fourth-order valence-corrected chi connectivity index (χ4v) is 2.31. The Labute approximate surface area is 97.9 Å². The summed E-state index contributed by atoms with van der Waals surface area (Å²) in [5.41, 5.74) is 5.55. The molecular formula is C12H24N2O2. The summed E-state index contributed by atoms with van der Waals surface area (Å²) in [6, 6.07) is -0.0407. The van der Waals surface area contributed by atoms with Gasteiger partial charge in [0.15, 0.2) is 0 Å². The number of hydrogen-bond donors (Lipinski definition) is 2. The van der Waals surface area contributed by atoms with Crippen LogP contribution in [0.4, 0.5) is 0 Å². The van der Waals surface area contributed by atoms with Gasteiger partial charge in [0, 0.05) is 20.1 Å². The molecule has 1 aliphatic carbocycles. The van der Waals surface area contributed by atoms with Crippen molar-refractivity contribution in [3.05, 3.63) is 0 Å². The molecule has 0 aromatic heterocycles. The molecular weight excluding hydrogens is 204 g/mol. The van der Waals surface area contributed by atoms with Gasteiger partial charge in [0.05, 0.1) is 12.6 Å². The van der Waals surface area contributed by atoms with E-state index in [0.717, 1.165) is 0 Å². The van der Waals surface area contributed by atoms with E-state index in [0.29, 0.717) is 25.5 Å². The van der Waals surface area contributed by atoms with E-state index in [2.05, 4.69) is 5.32 Å². The molecule has 3 N–H and O–H groups in total. The molecule has 1 amide bonds. The minimum absolute atomic E-state index is 0.0407. The lowest BCUT2D eigenvalue weighted by atomic mass is 9.87. The predicted octanol–water partition coefficient (Wildman–Crippen LogP) is 1.05. The Kier molecular flexibility index (Phi) is 6.42. The van der Waals surface area contributed by atoms with Crippen molar-refractivity contribution in [1.82, 2.24) is 5.32 Å². The minimum atomic E-state index is -0.0407. The molecule has 0 aromatic rings. The quantitative estimate of drug-likeness (QED) is 0.714. The average Bonchev–Trinajstić information content (AvgIpc) is 2.29. The lowest BCUT2D eigenvalue weighted by molar-refractivity contribution is -0.123. The highest BCUT2D eigenvalue weighted by molar-refractivity contribution is 5.76. The molecule has 1 aliphatic rings. The van der Waals surface area contributed by atoms with Crippen LogP contribution in [-0.4, -0.2) is 32.2 Å². The zero-order valence-corrected chi connectivity index (χ0v) is 10.2. The zero-order valence-electron chi connectivity index (χ0n) is 10.2. The highest BCUT2D eigenvalue weighted by Crippen LogP contribution is 2.26. The normalized spacial score (nSPS) is 19.4. The van der Waals surface area contributed by atoms with Crippen LogP contribution in [-0.2, 0) is 9.53 Å². The van der Waals surface area contributed by atoms with E-state index in [-0.39, 0.29) is 11.9 Å². The molecule has 1 rings (SSSR count). The number of amides is 1. The molecule has 0 aromatic carbocycles. The topological polar surface area (TPSA) is 64.3 Å². The van der Waals surface area contributed by atoms with Crippen molar-refractivity contribution in [3.63, 3.8) is 0 Å². The second-order valence-corrected chi connectivity index (χ2v) is 4.66. The molecule has 1 saturated carbocycles. The fourth-order valence-electron chi connectivity index (χ4n) is 2.31. The molecule has 0 aliphatic heterocycles. The van der Waals surface area contributed by atoms with Gasteiger partial charge in [-0.1, -0.05) is 19.3 Å². The number of carbonyl (C=O) groups excluding carboxylic acids is 1. The van der Waals surface area contributed by atoms with Gasteiger partial charge >= 0.3 is 0 Å². The monoisotopic (exact) mass is 228 g/mol. The third-order valence-electron chi connectivity index (χ3n) is 3.22. The van der Waals surface area contributed by atoms with Gasteiger partial charge in [0.25, 0.3) is 0 Å². The molecule has 4 nitrogen and oxygen atoms in total. The van der Waals surface area contributed by atoms with Crippen LogP contribution in [0.5, 0.6) is 0 Å². The van der Waals surface area contributed by atoms with Crippen LogP contribution in [0, 0.1) is 5.92 Å². The third-order valence-corrected chi connectivity index (χ3v) is 3.22. The molecule has 0 spiro atoms. The van der Waals surface area contributed by atoms with Gasteiger partial charge in [-0.05, 0) is 18.8 Å². The van der Waals surface area contributed by atoms with Crippen molar-refractivity contribution in [2.75, 3.05) is 20.3 Å². The summed E-state index contributed by atoms with van der Waals surface area (Å²) >= 11 is 0. The van der Waals surface area contributed by atoms with Crippen LogP contribution in [0.15, 0.2) is 0 Å². The predicted molar refractivity (Wildman–Crippen MR) is 64.1 cm³/mol. The van der Waals surface area contributed by atoms with Crippen LogP contribution in [0.1, 0.15) is 38.5 Å². The highest BCUT2D eigenvalue weighted by atomic mass is 16.5. The summed E-state index contributed by atoms with van der Waals surface area (Å²) in [5, 5.41) is 2.93. The number of hydrogen-bond acceptors (Lipinski definition) is 3.